The lowest BCUT2D eigenvalue weighted by Crippen LogP contribution is -2.96. The molecule has 0 aromatic heterocycles. The van der Waals surface area contributed by atoms with Gasteiger partial charge in [0.25, 0.3) is 0 Å². The SMILES string of the molecule is CCOCC(O)C[N+]12CCC[N+]3(CC(O)COCC)CC[N+]4(C(=O)OC)CCC[N+](CC(O)CCCCOC)(CC1)[C@@H]4[C@H]23. The fourth-order valence-corrected chi connectivity index (χ4v) is 9.68. The van der Waals surface area contributed by atoms with Crippen molar-refractivity contribution >= 4 is 6.09 Å². The van der Waals surface area contributed by atoms with Crippen LogP contribution in [0.15, 0.2) is 0 Å². The Balaban J connectivity index is 1.79. The standard InChI is InChI=1S/C31H62N4O8/c1-5-42-24-27(37)22-32-12-9-13-33(23-28(38)25-43-6-2)18-19-35(31(39)41-4)15-10-14-34(17-16-32,30(35)29(32)33)21-26(36)11-7-8-20-40-3/h26-30,36-38H,5-25H2,1-4H3/q+4/t26?,27?,28?,29-,30+,32?,33?,34?,35?/m1/s1. The van der Waals surface area contributed by atoms with Gasteiger partial charge in [0, 0.05) is 39.8 Å². The average Bonchev–Trinajstić information content (AvgIpc) is 2.99. The largest absolute Gasteiger partial charge is 0.521 e. The van der Waals surface area contributed by atoms with Crippen LogP contribution < -0.4 is 0 Å². The first kappa shape index (κ1) is 34.9. The molecule has 0 saturated carbocycles. The van der Waals surface area contributed by atoms with Gasteiger partial charge in [-0.05, 0) is 33.1 Å². The number of aliphatic hydroxyl groups excluding tert-OH is 3. The number of quaternary nitrogens is 4. The maximum Gasteiger partial charge on any atom is 0.521 e. The zero-order valence-electron chi connectivity index (χ0n) is 27.4. The molecule has 0 aromatic carbocycles. The van der Waals surface area contributed by atoms with Gasteiger partial charge in [0.2, 0.25) is 0 Å². The number of rotatable bonds is 17. The third-order valence-corrected chi connectivity index (χ3v) is 11.2. The Bertz CT molecular complexity index is 878. The van der Waals surface area contributed by atoms with E-state index < -0.39 is 18.3 Å². The highest BCUT2D eigenvalue weighted by Gasteiger charge is 2.79. The maximum atomic E-state index is 14.0. The van der Waals surface area contributed by atoms with Crippen molar-refractivity contribution in [2.24, 2.45) is 0 Å². The Morgan fingerprint density at radius 3 is 1.74 bits per heavy atom. The molecule has 4 heterocycles. The molecule has 4 aliphatic heterocycles. The summed E-state index contributed by atoms with van der Waals surface area (Å²) in [6.07, 6.45) is 2.35. The number of piperazine rings is 2. The number of ether oxygens (including phenoxy) is 4. The molecule has 0 aromatic rings. The molecule has 12 nitrogen and oxygen atoms in total. The van der Waals surface area contributed by atoms with Gasteiger partial charge in [-0.25, -0.2) is 0 Å². The van der Waals surface area contributed by atoms with E-state index in [1.165, 1.54) is 7.11 Å². The summed E-state index contributed by atoms with van der Waals surface area (Å²) in [4.78, 5) is 14.0. The Morgan fingerprint density at radius 2 is 1.21 bits per heavy atom. The van der Waals surface area contributed by atoms with Crippen LogP contribution in [0.25, 0.3) is 0 Å². The summed E-state index contributed by atoms with van der Waals surface area (Å²) in [5, 5.41) is 34.1. The lowest BCUT2D eigenvalue weighted by Gasteiger charge is -2.69. The molecule has 4 aliphatic rings. The normalized spacial score (nSPS) is 37.3. The molecule has 3 N–H and O–H groups in total. The third kappa shape index (κ3) is 7.08. The number of hydrogen-bond donors (Lipinski definition) is 3. The first-order valence-electron chi connectivity index (χ1n) is 16.9. The van der Waals surface area contributed by atoms with Crippen molar-refractivity contribution in [3.05, 3.63) is 0 Å². The van der Waals surface area contributed by atoms with Gasteiger partial charge in [0.15, 0.2) is 0 Å². The van der Waals surface area contributed by atoms with Crippen molar-refractivity contribution in [3.8, 4) is 0 Å². The number of amides is 1. The second kappa shape index (κ2) is 15.1. The second-order valence-corrected chi connectivity index (χ2v) is 13.8. The van der Waals surface area contributed by atoms with Crippen LogP contribution in [-0.4, -0.2) is 189 Å². The molecule has 0 aliphatic carbocycles. The Labute approximate surface area is 259 Å². The first-order valence-corrected chi connectivity index (χ1v) is 16.9. The molecule has 4 saturated heterocycles. The zero-order valence-corrected chi connectivity index (χ0v) is 27.4. The van der Waals surface area contributed by atoms with E-state index in [2.05, 4.69) is 0 Å². The summed E-state index contributed by atoms with van der Waals surface area (Å²) < 4.78 is 24.6. The zero-order chi connectivity index (χ0) is 31.1. The summed E-state index contributed by atoms with van der Waals surface area (Å²) in [6, 6.07) is 0. The number of carbonyl (C=O) groups is 1. The van der Waals surface area contributed by atoms with Crippen molar-refractivity contribution in [1.82, 2.24) is 0 Å². The fraction of sp³-hybridized carbons (Fsp3) is 0.968. The molecule has 4 rings (SSSR count). The minimum Gasteiger partial charge on any atom is -0.423 e. The number of carbonyl (C=O) groups excluding carboxylic acids is 1. The maximum absolute atomic E-state index is 14.0. The molecule has 1 amide bonds. The van der Waals surface area contributed by atoms with E-state index in [0.717, 1.165) is 71.5 Å². The molecule has 12 heteroatoms. The van der Waals surface area contributed by atoms with E-state index in [1.54, 1.807) is 7.11 Å². The highest BCUT2D eigenvalue weighted by Crippen LogP contribution is 2.49. The summed E-state index contributed by atoms with van der Waals surface area (Å²) >= 11 is 0. The van der Waals surface area contributed by atoms with Crippen LogP contribution in [0, 0.1) is 0 Å². The van der Waals surface area contributed by atoms with Crippen molar-refractivity contribution in [2.45, 2.75) is 76.6 Å². The van der Waals surface area contributed by atoms with Crippen molar-refractivity contribution in [2.75, 3.05) is 119 Å². The van der Waals surface area contributed by atoms with Crippen LogP contribution in [0.1, 0.15) is 46.0 Å². The number of methoxy groups -OCH3 is 2. The van der Waals surface area contributed by atoms with Crippen LogP contribution in [-0.2, 0) is 18.9 Å². The molecule has 250 valence electrons. The predicted molar refractivity (Wildman–Crippen MR) is 161 cm³/mol. The van der Waals surface area contributed by atoms with Gasteiger partial charge in [-0.1, -0.05) is 0 Å². The summed E-state index contributed by atoms with van der Waals surface area (Å²) in [7, 11) is 3.21. The second-order valence-electron chi connectivity index (χ2n) is 13.8. The molecular formula is C31H62N4O8+4. The van der Waals surface area contributed by atoms with Crippen molar-refractivity contribution < 1.29 is 57.0 Å². The molecular weight excluding hydrogens is 556 g/mol. The molecule has 43 heavy (non-hydrogen) atoms. The van der Waals surface area contributed by atoms with Gasteiger partial charge in [-0.15, -0.1) is 0 Å². The monoisotopic (exact) mass is 618 g/mol. The average molecular weight is 619 g/mol. The number of aliphatic hydroxyl groups is 3. The van der Waals surface area contributed by atoms with E-state index in [1.807, 2.05) is 13.8 Å². The molecule has 4 fully saturated rings. The summed E-state index contributed by atoms with van der Waals surface area (Å²) in [5.74, 6) is 0. The van der Waals surface area contributed by atoms with Crippen molar-refractivity contribution in [1.29, 1.82) is 0 Å². The lowest BCUT2D eigenvalue weighted by molar-refractivity contribution is -1.27. The number of hydrogen-bond acceptors (Lipinski definition) is 8. The molecule has 7 unspecified atom stereocenters. The predicted octanol–water partition coefficient (Wildman–Crippen LogP) is 0.479. The highest BCUT2D eigenvalue weighted by molar-refractivity contribution is 5.59. The van der Waals surface area contributed by atoms with Crippen LogP contribution in [0.5, 0.6) is 0 Å². The molecule has 9 atom stereocenters. The van der Waals surface area contributed by atoms with E-state index >= 15 is 0 Å². The van der Waals surface area contributed by atoms with Gasteiger partial charge >= 0.3 is 18.4 Å². The number of nitrogens with zero attached hydrogens (tertiary/aromatic N) is 4. The van der Waals surface area contributed by atoms with Crippen molar-refractivity contribution in [3.63, 3.8) is 0 Å². The smallest absolute Gasteiger partial charge is 0.423 e. The molecule has 0 radical (unpaired) electrons. The van der Waals surface area contributed by atoms with E-state index in [9.17, 15) is 20.1 Å². The summed E-state index contributed by atoms with van der Waals surface area (Å²) in [5.41, 5.74) is 0. The Hall–Kier alpha value is -0.930. The van der Waals surface area contributed by atoms with E-state index in [0.29, 0.717) is 65.9 Å². The topological polar surface area (TPSA) is 115 Å². The van der Waals surface area contributed by atoms with Crippen LogP contribution in [0.2, 0.25) is 0 Å². The minimum atomic E-state index is -0.620. The lowest BCUT2D eigenvalue weighted by atomic mass is 9.88. The van der Waals surface area contributed by atoms with E-state index in [-0.39, 0.29) is 36.1 Å². The Morgan fingerprint density at radius 1 is 0.698 bits per heavy atom. The fourth-order valence-electron chi connectivity index (χ4n) is 9.68. The summed E-state index contributed by atoms with van der Waals surface area (Å²) in [6.45, 7) is 14.6. The van der Waals surface area contributed by atoms with Gasteiger partial charge < -0.3 is 34.3 Å². The van der Waals surface area contributed by atoms with E-state index in [4.69, 9.17) is 18.9 Å². The molecule has 0 bridgehead atoms. The first-order chi connectivity index (χ1) is 20.7. The highest BCUT2D eigenvalue weighted by atomic mass is 16.5. The van der Waals surface area contributed by atoms with Crippen LogP contribution in [0.4, 0.5) is 4.79 Å². The van der Waals surface area contributed by atoms with Crippen LogP contribution in [0.3, 0.4) is 0 Å². The van der Waals surface area contributed by atoms with Gasteiger partial charge in [-0.3, -0.25) is 13.4 Å². The van der Waals surface area contributed by atoms with Crippen LogP contribution >= 0.6 is 0 Å². The van der Waals surface area contributed by atoms with Gasteiger partial charge in [0.05, 0.1) is 46.5 Å². The molecule has 0 spiro atoms. The van der Waals surface area contributed by atoms with Gasteiger partial charge in [0.1, 0.15) is 64.1 Å². The third-order valence-electron chi connectivity index (χ3n) is 11.2. The number of unbranched alkanes of at least 4 members (excludes halogenated alkanes) is 1. The Kier molecular flexibility index (Phi) is 12.3. The minimum absolute atomic E-state index is 0.0242. The van der Waals surface area contributed by atoms with Gasteiger partial charge in [-0.2, -0.15) is 9.28 Å². The quantitative estimate of drug-likeness (QED) is 0.159.